The smallest absolute Gasteiger partial charge is 0.188 e. The summed E-state index contributed by atoms with van der Waals surface area (Å²) in [6.45, 7) is 1.26. The largest absolute Gasteiger partial charge is 0.370 e. The van der Waals surface area contributed by atoms with Gasteiger partial charge in [-0.2, -0.15) is 0 Å². The van der Waals surface area contributed by atoms with Crippen molar-refractivity contribution in [3.8, 4) is 0 Å². The van der Waals surface area contributed by atoms with Gasteiger partial charge in [0.25, 0.3) is 0 Å². The lowest BCUT2D eigenvalue weighted by Gasteiger charge is -2.26. The molecule has 3 N–H and O–H groups in total. The first-order valence-electron chi connectivity index (χ1n) is 8.64. The van der Waals surface area contributed by atoms with Crippen molar-refractivity contribution >= 4 is 29.9 Å². The number of hydrogen-bond acceptors (Lipinski definition) is 3. The Bertz CT molecular complexity index is 364. The van der Waals surface area contributed by atoms with Crippen LogP contribution in [0.2, 0.25) is 0 Å². The Morgan fingerprint density at radius 3 is 2.45 bits per heavy atom. The maximum absolute atomic E-state index is 6.18. The number of nitrogens with one attached hydrogen (secondary N) is 1. The van der Waals surface area contributed by atoms with Gasteiger partial charge in [-0.1, -0.05) is 25.7 Å². The third-order valence-corrected chi connectivity index (χ3v) is 4.95. The van der Waals surface area contributed by atoms with Crippen LogP contribution in [0.15, 0.2) is 4.99 Å². The summed E-state index contributed by atoms with van der Waals surface area (Å²) in [5, 5.41) is 3.32. The zero-order valence-electron chi connectivity index (χ0n) is 13.4. The molecule has 0 aromatic carbocycles. The molecule has 0 radical (unpaired) electrons. The summed E-state index contributed by atoms with van der Waals surface area (Å²) in [6, 6.07) is 0.516. The van der Waals surface area contributed by atoms with E-state index in [9.17, 15) is 0 Å². The van der Waals surface area contributed by atoms with Crippen molar-refractivity contribution in [1.29, 1.82) is 0 Å². The van der Waals surface area contributed by atoms with Crippen LogP contribution in [0.5, 0.6) is 0 Å². The fraction of sp³-hybridized carbons (Fsp3) is 0.938. The predicted octanol–water partition coefficient (Wildman–Crippen LogP) is 2.92. The van der Waals surface area contributed by atoms with Crippen molar-refractivity contribution in [1.82, 2.24) is 5.32 Å². The number of aliphatic imine (C=N–C) groups is 1. The minimum atomic E-state index is -0.315. The van der Waals surface area contributed by atoms with E-state index in [-0.39, 0.29) is 35.9 Å². The van der Waals surface area contributed by atoms with E-state index < -0.39 is 0 Å². The van der Waals surface area contributed by atoms with Crippen molar-refractivity contribution in [2.24, 2.45) is 10.7 Å². The van der Waals surface area contributed by atoms with Crippen LogP contribution >= 0.6 is 24.0 Å². The summed E-state index contributed by atoms with van der Waals surface area (Å²) in [4.78, 5) is 4.45. The zero-order chi connectivity index (χ0) is 14.5. The van der Waals surface area contributed by atoms with Crippen molar-refractivity contribution in [3.05, 3.63) is 0 Å². The van der Waals surface area contributed by atoms with Crippen LogP contribution in [0.4, 0.5) is 0 Å². The molecule has 22 heavy (non-hydrogen) atoms. The monoisotopic (exact) mass is 423 g/mol. The van der Waals surface area contributed by atoms with E-state index in [0.717, 1.165) is 12.8 Å². The number of halogens is 1. The SMILES string of the molecule is I.NC(=NCC1COC2(CCCCCC2)O1)NC1CCCC1. The molecule has 0 aromatic rings. The normalized spacial score (nSPS) is 29.3. The molecule has 6 heteroatoms. The first-order chi connectivity index (χ1) is 10.3. The van der Waals surface area contributed by atoms with Gasteiger partial charge in [-0.25, -0.2) is 0 Å². The van der Waals surface area contributed by atoms with Crippen molar-refractivity contribution in [3.63, 3.8) is 0 Å². The lowest BCUT2D eigenvalue weighted by molar-refractivity contribution is -0.174. The summed E-state index contributed by atoms with van der Waals surface area (Å²) in [7, 11) is 0. The molecular formula is C16H30IN3O2. The second kappa shape index (κ2) is 8.68. The number of ether oxygens (including phenoxy) is 2. The molecular weight excluding hydrogens is 393 g/mol. The van der Waals surface area contributed by atoms with Crippen molar-refractivity contribution < 1.29 is 9.47 Å². The highest BCUT2D eigenvalue weighted by Gasteiger charge is 2.41. The second-order valence-electron chi connectivity index (χ2n) is 6.73. The van der Waals surface area contributed by atoms with Gasteiger partial charge < -0.3 is 20.5 Å². The molecule has 1 heterocycles. The van der Waals surface area contributed by atoms with E-state index in [1.807, 2.05) is 0 Å². The highest BCUT2D eigenvalue weighted by molar-refractivity contribution is 14.0. The van der Waals surface area contributed by atoms with Crippen molar-refractivity contribution in [2.45, 2.75) is 82.1 Å². The molecule has 128 valence electrons. The van der Waals surface area contributed by atoms with Crippen molar-refractivity contribution in [2.75, 3.05) is 13.2 Å². The van der Waals surface area contributed by atoms with Crippen LogP contribution < -0.4 is 11.1 Å². The fourth-order valence-corrected chi connectivity index (χ4v) is 3.76. The Hall–Kier alpha value is -0.0800. The number of nitrogens with two attached hydrogens (primary N) is 1. The lowest BCUT2D eigenvalue weighted by Crippen LogP contribution is -2.39. The van der Waals surface area contributed by atoms with Gasteiger partial charge in [0.1, 0.15) is 6.10 Å². The fourth-order valence-electron chi connectivity index (χ4n) is 3.76. The van der Waals surface area contributed by atoms with E-state index in [1.54, 1.807) is 0 Å². The first kappa shape index (κ1) is 18.3. The van der Waals surface area contributed by atoms with Crippen LogP contribution in [0.1, 0.15) is 64.2 Å². The maximum atomic E-state index is 6.18. The van der Waals surface area contributed by atoms with Crippen LogP contribution in [-0.2, 0) is 9.47 Å². The standard InChI is InChI=1S/C16H29N3O2.HI/c17-15(19-13-7-3-4-8-13)18-11-14-12-20-16(21-14)9-5-1-2-6-10-16;/h13-14H,1-12H2,(H3,17,18,19);1H. The average molecular weight is 423 g/mol. The van der Waals surface area contributed by atoms with Gasteiger partial charge in [-0.3, -0.25) is 4.99 Å². The van der Waals surface area contributed by atoms with Gasteiger partial charge in [0.05, 0.1) is 13.2 Å². The quantitative estimate of drug-likeness (QED) is 0.416. The Labute approximate surface area is 150 Å². The molecule has 1 saturated heterocycles. The summed E-state index contributed by atoms with van der Waals surface area (Å²) in [5.41, 5.74) is 5.97. The molecule has 0 aromatic heterocycles. The van der Waals surface area contributed by atoms with Crippen LogP contribution in [0.25, 0.3) is 0 Å². The van der Waals surface area contributed by atoms with Gasteiger partial charge in [-0.05, 0) is 25.7 Å². The Morgan fingerprint density at radius 2 is 1.77 bits per heavy atom. The van der Waals surface area contributed by atoms with E-state index in [4.69, 9.17) is 15.2 Å². The van der Waals surface area contributed by atoms with E-state index in [2.05, 4.69) is 10.3 Å². The molecule has 1 atom stereocenters. The molecule has 2 aliphatic carbocycles. The number of rotatable bonds is 3. The minimum Gasteiger partial charge on any atom is -0.370 e. The van der Waals surface area contributed by atoms with Crippen LogP contribution in [-0.4, -0.2) is 37.0 Å². The van der Waals surface area contributed by atoms with E-state index >= 15 is 0 Å². The topological polar surface area (TPSA) is 68.9 Å². The predicted molar refractivity (Wildman–Crippen MR) is 98.6 cm³/mol. The summed E-state index contributed by atoms with van der Waals surface area (Å²) in [6.07, 6.45) is 12.2. The maximum Gasteiger partial charge on any atom is 0.188 e. The molecule has 5 nitrogen and oxygen atoms in total. The van der Waals surface area contributed by atoms with Gasteiger partial charge in [0, 0.05) is 18.9 Å². The molecule has 0 bridgehead atoms. The number of nitrogens with zero attached hydrogens (tertiary/aromatic N) is 1. The average Bonchev–Trinajstić information content (AvgIpc) is 3.05. The summed E-state index contributed by atoms with van der Waals surface area (Å²) in [5.74, 6) is 0.247. The Kier molecular flexibility index (Phi) is 7.21. The summed E-state index contributed by atoms with van der Waals surface area (Å²) < 4.78 is 12.2. The molecule has 3 fully saturated rings. The van der Waals surface area contributed by atoms with E-state index in [1.165, 1.54) is 51.4 Å². The third kappa shape index (κ3) is 4.96. The molecule has 0 amide bonds. The molecule has 1 unspecified atom stereocenters. The molecule has 2 saturated carbocycles. The lowest BCUT2D eigenvalue weighted by atomic mass is 10.1. The van der Waals surface area contributed by atoms with Gasteiger partial charge >= 0.3 is 0 Å². The first-order valence-corrected chi connectivity index (χ1v) is 8.64. The zero-order valence-corrected chi connectivity index (χ0v) is 15.7. The highest BCUT2D eigenvalue weighted by atomic mass is 127. The molecule has 3 aliphatic rings. The highest BCUT2D eigenvalue weighted by Crippen LogP contribution is 2.36. The van der Waals surface area contributed by atoms with E-state index in [0.29, 0.717) is 25.2 Å². The van der Waals surface area contributed by atoms with Gasteiger partial charge in [0.2, 0.25) is 0 Å². The molecule has 1 aliphatic heterocycles. The van der Waals surface area contributed by atoms with Gasteiger partial charge in [0.15, 0.2) is 11.7 Å². The third-order valence-electron chi connectivity index (χ3n) is 4.95. The number of guanidine groups is 1. The second-order valence-corrected chi connectivity index (χ2v) is 6.73. The number of hydrogen-bond donors (Lipinski definition) is 2. The Balaban J connectivity index is 0.00000176. The summed E-state index contributed by atoms with van der Waals surface area (Å²) >= 11 is 0. The van der Waals surface area contributed by atoms with Crippen LogP contribution in [0, 0.1) is 0 Å². The molecule has 3 rings (SSSR count). The van der Waals surface area contributed by atoms with Crippen LogP contribution in [0.3, 0.4) is 0 Å². The van der Waals surface area contributed by atoms with Gasteiger partial charge in [-0.15, -0.1) is 24.0 Å². The molecule has 1 spiro atoms. The Morgan fingerprint density at radius 1 is 1.09 bits per heavy atom. The minimum absolute atomic E-state index is 0.